The second kappa shape index (κ2) is 9.97. The van der Waals surface area contributed by atoms with Gasteiger partial charge in [0.2, 0.25) is 5.90 Å². The summed E-state index contributed by atoms with van der Waals surface area (Å²) in [6.45, 7) is 13.3. The first-order chi connectivity index (χ1) is 20.6. The van der Waals surface area contributed by atoms with Crippen molar-refractivity contribution in [2.45, 2.75) is 90.2 Å². The lowest BCUT2D eigenvalue weighted by molar-refractivity contribution is 0.0278. The van der Waals surface area contributed by atoms with Gasteiger partial charge in [-0.2, -0.15) is 0 Å². The van der Waals surface area contributed by atoms with Gasteiger partial charge in [-0.3, -0.25) is 4.90 Å². The van der Waals surface area contributed by atoms with Crippen LogP contribution in [0.4, 0.5) is 17.2 Å². The van der Waals surface area contributed by atoms with Gasteiger partial charge in [0.1, 0.15) is 28.5 Å². The van der Waals surface area contributed by atoms with Crippen LogP contribution in [0.2, 0.25) is 0 Å². The van der Waals surface area contributed by atoms with Crippen LogP contribution < -0.4 is 9.64 Å². The third-order valence-corrected chi connectivity index (χ3v) is 9.94. The van der Waals surface area contributed by atoms with Gasteiger partial charge < -0.3 is 9.47 Å². The summed E-state index contributed by atoms with van der Waals surface area (Å²) in [5.74, 6) is 3.25. The van der Waals surface area contributed by atoms with Gasteiger partial charge in [0, 0.05) is 28.8 Å². The molecule has 3 aliphatic rings. The van der Waals surface area contributed by atoms with Crippen LogP contribution >= 0.6 is 0 Å². The van der Waals surface area contributed by atoms with Gasteiger partial charge in [0.25, 0.3) is 0 Å². The van der Waals surface area contributed by atoms with Crippen LogP contribution in [0.1, 0.15) is 87.6 Å². The van der Waals surface area contributed by atoms with E-state index >= 15 is 0 Å². The van der Waals surface area contributed by atoms with E-state index in [0.717, 1.165) is 64.1 Å². The lowest BCUT2D eigenvalue weighted by Crippen LogP contribution is -2.45. The Kier molecular flexibility index (Phi) is 6.42. The van der Waals surface area contributed by atoms with E-state index in [2.05, 4.69) is 113 Å². The number of aryl methyl sites for hydroxylation is 2. The number of nitrogens with zero attached hydrogens (tertiary/aromatic N) is 3. The molecule has 0 saturated heterocycles. The molecule has 2 aliphatic heterocycles. The maximum Gasteiger partial charge on any atom is 0.217 e. The van der Waals surface area contributed by atoms with E-state index in [-0.39, 0.29) is 16.6 Å². The largest absolute Gasteiger partial charge is 0.469 e. The highest BCUT2D eigenvalue weighted by atomic mass is 16.5. The quantitative estimate of drug-likeness (QED) is 0.245. The maximum atomic E-state index is 6.66. The van der Waals surface area contributed by atoms with Gasteiger partial charge in [0.15, 0.2) is 0 Å². The Morgan fingerprint density at radius 3 is 2.33 bits per heavy atom. The first-order valence-corrected chi connectivity index (χ1v) is 15.6. The fraction of sp³-hybridized carbons (Fsp3) is 0.368. The average Bonchev–Trinajstić information content (AvgIpc) is 3.14. The minimum Gasteiger partial charge on any atom is -0.469 e. The van der Waals surface area contributed by atoms with Crippen molar-refractivity contribution < 1.29 is 9.47 Å². The van der Waals surface area contributed by atoms with E-state index in [1.165, 1.54) is 30.4 Å². The number of hydrogen-bond acceptors (Lipinski definition) is 5. The molecule has 0 N–H and O–H groups in total. The molecule has 5 heteroatoms. The molecule has 0 bridgehead atoms. The fourth-order valence-corrected chi connectivity index (χ4v) is 7.32. The lowest BCUT2D eigenvalue weighted by Gasteiger charge is -2.41. The van der Waals surface area contributed by atoms with Gasteiger partial charge in [-0.05, 0) is 106 Å². The molecule has 1 aromatic heterocycles. The third-order valence-electron chi connectivity index (χ3n) is 9.94. The summed E-state index contributed by atoms with van der Waals surface area (Å²) < 4.78 is 13.3. The number of para-hydroxylation sites is 1. The zero-order valence-corrected chi connectivity index (χ0v) is 26.2. The second-order valence-electron chi connectivity index (χ2n) is 13.6. The second-order valence-corrected chi connectivity index (χ2v) is 13.6. The summed E-state index contributed by atoms with van der Waals surface area (Å²) in [7, 11) is 0. The van der Waals surface area contributed by atoms with Crippen molar-refractivity contribution in [3.05, 3.63) is 107 Å². The summed E-state index contributed by atoms with van der Waals surface area (Å²) in [5, 5.41) is 0. The van der Waals surface area contributed by atoms with Crippen LogP contribution in [0.15, 0.2) is 84.0 Å². The van der Waals surface area contributed by atoms with Gasteiger partial charge in [0.05, 0.1) is 11.4 Å². The normalized spacial score (nSPS) is 23.8. The van der Waals surface area contributed by atoms with Crippen LogP contribution in [0, 0.1) is 13.8 Å². The molecule has 0 amide bonds. The number of fused-ring (bicyclic) bond motifs is 3. The van der Waals surface area contributed by atoms with Gasteiger partial charge >= 0.3 is 0 Å². The monoisotopic (exact) mass is 571 g/mol. The molecule has 0 unspecified atom stereocenters. The molecule has 1 aliphatic carbocycles. The van der Waals surface area contributed by atoms with Crippen LogP contribution in [-0.2, 0) is 10.2 Å². The molecule has 0 radical (unpaired) electrons. The number of aromatic nitrogens is 1. The highest BCUT2D eigenvalue weighted by molar-refractivity contribution is 5.96. The number of anilines is 3. The Balaban J connectivity index is 1.25. The van der Waals surface area contributed by atoms with E-state index in [0.29, 0.717) is 0 Å². The first-order valence-electron chi connectivity index (χ1n) is 15.6. The van der Waals surface area contributed by atoms with E-state index < -0.39 is 0 Å². The molecular formula is C38H41N3O2. The first kappa shape index (κ1) is 27.7. The van der Waals surface area contributed by atoms with Gasteiger partial charge in [-0.15, -0.1) is 0 Å². The van der Waals surface area contributed by atoms with E-state index in [1.807, 2.05) is 12.3 Å². The van der Waals surface area contributed by atoms with Crippen molar-refractivity contribution >= 4 is 23.1 Å². The van der Waals surface area contributed by atoms with E-state index in [9.17, 15) is 0 Å². The smallest absolute Gasteiger partial charge is 0.217 e. The number of rotatable bonds is 4. The lowest BCUT2D eigenvalue weighted by atomic mass is 9.74. The number of hydrogen-bond donors (Lipinski definition) is 0. The Labute approximate surface area is 255 Å². The SMILES string of the molecule is Cc1cc(Oc2cc(C)cc(N3c4ccccc4C(C)(C)c4cccnc43)c2)cc(C2=N[C@]3(C)CCCCC[C@]3(C)O2)c1. The van der Waals surface area contributed by atoms with Crippen molar-refractivity contribution in [2.75, 3.05) is 4.90 Å². The molecule has 2 atom stereocenters. The molecular weight excluding hydrogens is 530 g/mol. The molecule has 220 valence electrons. The Morgan fingerprint density at radius 2 is 1.49 bits per heavy atom. The zero-order valence-electron chi connectivity index (χ0n) is 26.2. The standard InChI is InChI=1S/C38H41N3O2/c1-25-19-27(35-40-37(5)16-10-7-11-17-38(37,6)43-35)23-29(21-25)42-30-22-26(2)20-28(24-30)41-33-15-9-8-13-31(33)36(3,4)32-14-12-18-39-34(32)41/h8-9,12-15,18-24H,7,10-11,16-17H2,1-6H3/t37-,38+/m1/s1. The zero-order chi connectivity index (χ0) is 30.0. The highest BCUT2D eigenvalue weighted by Crippen LogP contribution is 2.51. The molecule has 7 rings (SSSR count). The summed E-state index contributed by atoms with van der Waals surface area (Å²) in [6, 6.07) is 25.6. The number of pyridine rings is 1. The molecule has 3 heterocycles. The van der Waals surface area contributed by atoms with E-state index in [1.54, 1.807) is 0 Å². The van der Waals surface area contributed by atoms with Crippen molar-refractivity contribution in [1.82, 2.24) is 4.98 Å². The maximum absolute atomic E-state index is 6.66. The average molecular weight is 572 g/mol. The van der Waals surface area contributed by atoms with Crippen LogP contribution in [-0.4, -0.2) is 22.0 Å². The molecule has 0 spiro atoms. The van der Waals surface area contributed by atoms with E-state index in [4.69, 9.17) is 19.5 Å². The van der Waals surface area contributed by atoms with Crippen molar-refractivity contribution in [1.29, 1.82) is 0 Å². The Hall–Kier alpha value is -4.12. The summed E-state index contributed by atoms with van der Waals surface area (Å²) in [5.41, 5.74) is 7.23. The highest BCUT2D eigenvalue weighted by Gasteiger charge is 2.52. The number of benzene rings is 3. The van der Waals surface area contributed by atoms with Crippen molar-refractivity contribution in [3.63, 3.8) is 0 Å². The fourth-order valence-electron chi connectivity index (χ4n) is 7.32. The summed E-state index contributed by atoms with van der Waals surface area (Å²) in [6.07, 6.45) is 7.61. The van der Waals surface area contributed by atoms with Gasteiger partial charge in [-0.25, -0.2) is 9.98 Å². The predicted octanol–water partition coefficient (Wildman–Crippen LogP) is 9.86. The van der Waals surface area contributed by atoms with Crippen LogP contribution in [0.3, 0.4) is 0 Å². The number of aliphatic imine (C=N–C) groups is 1. The van der Waals surface area contributed by atoms with Crippen molar-refractivity contribution in [3.8, 4) is 11.5 Å². The molecule has 3 aromatic carbocycles. The minimum absolute atomic E-state index is 0.159. The molecule has 4 aromatic rings. The Bertz CT molecular complexity index is 1710. The predicted molar refractivity (Wildman–Crippen MR) is 175 cm³/mol. The number of ether oxygens (including phenoxy) is 2. The molecule has 43 heavy (non-hydrogen) atoms. The Morgan fingerprint density at radius 1 is 0.767 bits per heavy atom. The molecule has 1 fully saturated rings. The van der Waals surface area contributed by atoms with Crippen LogP contribution in [0.25, 0.3) is 0 Å². The minimum atomic E-state index is -0.265. The molecule has 5 nitrogen and oxygen atoms in total. The van der Waals surface area contributed by atoms with Crippen LogP contribution in [0.5, 0.6) is 11.5 Å². The third kappa shape index (κ3) is 4.61. The topological polar surface area (TPSA) is 47.0 Å². The summed E-state index contributed by atoms with van der Waals surface area (Å²) >= 11 is 0. The van der Waals surface area contributed by atoms with Crippen molar-refractivity contribution in [2.24, 2.45) is 4.99 Å². The van der Waals surface area contributed by atoms with Gasteiger partial charge in [-0.1, -0.05) is 51.0 Å². The summed E-state index contributed by atoms with van der Waals surface area (Å²) in [4.78, 5) is 12.4. The molecule has 1 saturated carbocycles.